The summed E-state index contributed by atoms with van der Waals surface area (Å²) in [6, 6.07) is 16.5. The van der Waals surface area contributed by atoms with Gasteiger partial charge in [-0.2, -0.15) is 0 Å². The summed E-state index contributed by atoms with van der Waals surface area (Å²) in [5.74, 6) is 1.82. The molecule has 4 nitrogen and oxygen atoms in total. The lowest BCUT2D eigenvalue weighted by atomic mass is 10.0. The Labute approximate surface area is 160 Å². The van der Waals surface area contributed by atoms with E-state index in [1.165, 1.54) is 11.1 Å². The number of rotatable bonds is 7. The van der Waals surface area contributed by atoms with Gasteiger partial charge < -0.3 is 9.73 Å². The number of hydrogen-bond donors (Lipinski definition) is 1. The minimum absolute atomic E-state index is 0.00314. The zero-order chi connectivity index (χ0) is 19.2. The van der Waals surface area contributed by atoms with E-state index in [0.29, 0.717) is 31.2 Å². The van der Waals surface area contributed by atoms with E-state index in [1.54, 1.807) is 6.20 Å². The number of benzene rings is 2. The lowest BCUT2D eigenvalue weighted by Crippen LogP contribution is -2.23. The third-order valence-corrected chi connectivity index (χ3v) is 4.59. The highest BCUT2D eigenvalue weighted by atomic mass is 16.4. The van der Waals surface area contributed by atoms with Crippen LogP contribution in [0.15, 0.2) is 59.1 Å². The van der Waals surface area contributed by atoms with Crippen LogP contribution in [0, 0.1) is 6.92 Å². The Morgan fingerprint density at radius 3 is 2.44 bits per heavy atom. The number of nitrogens with one attached hydrogen (secondary N) is 1. The average molecular weight is 362 g/mol. The molecule has 0 aliphatic rings. The predicted molar refractivity (Wildman–Crippen MR) is 107 cm³/mol. The molecule has 4 heteroatoms. The van der Waals surface area contributed by atoms with Crippen molar-refractivity contribution >= 4 is 5.91 Å². The zero-order valence-corrected chi connectivity index (χ0v) is 16.2. The van der Waals surface area contributed by atoms with Gasteiger partial charge in [0.15, 0.2) is 11.7 Å². The molecular formula is C23H26N2O2. The summed E-state index contributed by atoms with van der Waals surface area (Å²) in [6.07, 6.45) is 2.58. The molecule has 27 heavy (non-hydrogen) atoms. The van der Waals surface area contributed by atoms with Gasteiger partial charge in [-0.05, 0) is 24.0 Å². The lowest BCUT2D eigenvalue weighted by Gasteiger charge is -2.05. The molecular weight excluding hydrogens is 336 g/mol. The third-order valence-electron chi connectivity index (χ3n) is 4.59. The first kappa shape index (κ1) is 18.9. The minimum Gasteiger partial charge on any atom is -0.441 e. The Bertz CT molecular complexity index is 878. The van der Waals surface area contributed by atoms with Gasteiger partial charge in [-0.15, -0.1) is 0 Å². The fourth-order valence-corrected chi connectivity index (χ4v) is 2.81. The number of aromatic nitrogens is 1. The molecule has 2 aromatic carbocycles. The number of nitrogens with zero attached hydrogens (tertiary/aromatic N) is 1. The molecule has 3 rings (SSSR count). The minimum atomic E-state index is -0.00314. The van der Waals surface area contributed by atoms with Crippen molar-refractivity contribution in [2.45, 2.75) is 46.1 Å². The van der Waals surface area contributed by atoms with Gasteiger partial charge in [0.1, 0.15) is 0 Å². The van der Waals surface area contributed by atoms with Crippen LogP contribution in [0.25, 0.3) is 11.3 Å². The Hall–Kier alpha value is -2.88. The van der Waals surface area contributed by atoms with Crippen molar-refractivity contribution < 1.29 is 9.21 Å². The molecule has 1 amide bonds. The van der Waals surface area contributed by atoms with Crippen LogP contribution in [-0.2, 0) is 17.8 Å². The third kappa shape index (κ3) is 5.30. The summed E-state index contributed by atoms with van der Waals surface area (Å²) < 4.78 is 5.81. The van der Waals surface area contributed by atoms with Crippen molar-refractivity contribution in [2.24, 2.45) is 0 Å². The lowest BCUT2D eigenvalue weighted by molar-refractivity contribution is -0.121. The van der Waals surface area contributed by atoms with E-state index < -0.39 is 0 Å². The van der Waals surface area contributed by atoms with Gasteiger partial charge >= 0.3 is 0 Å². The number of amides is 1. The first-order valence-corrected chi connectivity index (χ1v) is 9.38. The fraction of sp³-hybridized carbons (Fsp3) is 0.304. The molecule has 0 fully saturated rings. The molecule has 0 spiro atoms. The highest BCUT2D eigenvalue weighted by molar-refractivity contribution is 5.76. The summed E-state index contributed by atoms with van der Waals surface area (Å²) in [4.78, 5) is 16.4. The normalized spacial score (nSPS) is 11.0. The van der Waals surface area contributed by atoms with Crippen LogP contribution in [0.3, 0.4) is 0 Å². The smallest absolute Gasteiger partial charge is 0.220 e. The molecule has 0 unspecified atom stereocenters. The molecule has 0 atom stereocenters. The number of oxazole rings is 1. The van der Waals surface area contributed by atoms with Gasteiger partial charge in [0, 0.05) is 24.9 Å². The maximum absolute atomic E-state index is 12.1. The van der Waals surface area contributed by atoms with Crippen molar-refractivity contribution in [1.29, 1.82) is 0 Å². The highest BCUT2D eigenvalue weighted by Crippen LogP contribution is 2.23. The van der Waals surface area contributed by atoms with Crippen LogP contribution < -0.4 is 5.32 Å². The van der Waals surface area contributed by atoms with Crippen LogP contribution in [0.2, 0.25) is 0 Å². The molecule has 0 saturated carbocycles. The maximum Gasteiger partial charge on any atom is 0.220 e. The first-order valence-electron chi connectivity index (χ1n) is 9.38. The molecule has 3 aromatic rings. The van der Waals surface area contributed by atoms with E-state index in [-0.39, 0.29) is 5.91 Å². The van der Waals surface area contributed by atoms with Crippen LogP contribution in [-0.4, -0.2) is 10.9 Å². The maximum atomic E-state index is 12.1. The second kappa shape index (κ2) is 8.67. The summed E-state index contributed by atoms with van der Waals surface area (Å²) in [5, 5.41) is 2.94. The summed E-state index contributed by atoms with van der Waals surface area (Å²) in [6.45, 7) is 6.93. The molecule has 0 saturated heterocycles. The van der Waals surface area contributed by atoms with Gasteiger partial charge in [0.05, 0.1) is 6.20 Å². The van der Waals surface area contributed by atoms with Gasteiger partial charge in [0.2, 0.25) is 5.91 Å². The summed E-state index contributed by atoms with van der Waals surface area (Å²) in [5.41, 5.74) is 4.60. The number of hydrogen-bond acceptors (Lipinski definition) is 3. The summed E-state index contributed by atoms with van der Waals surface area (Å²) in [7, 11) is 0. The van der Waals surface area contributed by atoms with E-state index in [2.05, 4.69) is 36.3 Å². The second-order valence-electron chi connectivity index (χ2n) is 7.16. The average Bonchev–Trinajstić information content (AvgIpc) is 3.15. The van der Waals surface area contributed by atoms with E-state index >= 15 is 0 Å². The fourth-order valence-electron chi connectivity index (χ4n) is 2.81. The van der Waals surface area contributed by atoms with Crippen LogP contribution in [0.4, 0.5) is 0 Å². The molecule has 0 aliphatic heterocycles. The standard InChI is InChI=1S/C23H26N2O2/c1-16(2)19-8-10-20(11-9-19)21-15-25-23(27-21)13-12-22(26)24-14-18-6-4-17(3)5-7-18/h4-11,15-16H,12-14H2,1-3H3,(H,24,26). The van der Waals surface area contributed by atoms with Crippen molar-refractivity contribution in [2.75, 3.05) is 0 Å². The van der Waals surface area contributed by atoms with E-state index in [9.17, 15) is 4.79 Å². The molecule has 0 radical (unpaired) electrons. The van der Waals surface area contributed by atoms with Crippen molar-refractivity contribution in [3.63, 3.8) is 0 Å². The van der Waals surface area contributed by atoms with E-state index in [0.717, 1.165) is 16.9 Å². The topological polar surface area (TPSA) is 55.1 Å². The second-order valence-corrected chi connectivity index (χ2v) is 7.16. The van der Waals surface area contributed by atoms with Crippen molar-refractivity contribution in [3.05, 3.63) is 77.3 Å². The van der Waals surface area contributed by atoms with Crippen LogP contribution in [0.5, 0.6) is 0 Å². The first-order chi connectivity index (χ1) is 13.0. The van der Waals surface area contributed by atoms with Crippen molar-refractivity contribution in [1.82, 2.24) is 10.3 Å². The Kier molecular flexibility index (Phi) is 6.07. The predicted octanol–water partition coefficient (Wildman–Crippen LogP) is 5.02. The molecule has 0 bridgehead atoms. The summed E-state index contributed by atoms with van der Waals surface area (Å²) >= 11 is 0. The molecule has 140 valence electrons. The van der Waals surface area contributed by atoms with Gasteiger partial charge in [-0.1, -0.05) is 67.9 Å². The van der Waals surface area contributed by atoms with Crippen LogP contribution in [0.1, 0.15) is 48.8 Å². The monoisotopic (exact) mass is 362 g/mol. The molecule has 1 heterocycles. The number of carbonyl (C=O) groups excluding carboxylic acids is 1. The van der Waals surface area contributed by atoms with Gasteiger partial charge in [0.25, 0.3) is 0 Å². The van der Waals surface area contributed by atoms with Gasteiger partial charge in [-0.3, -0.25) is 4.79 Å². The quantitative estimate of drug-likeness (QED) is 0.642. The molecule has 0 aliphatic carbocycles. The van der Waals surface area contributed by atoms with Crippen molar-refractivity contribution in [3.8, 4) is 11.3 Å². The Balaban J connectivity index is 1.50. The van der Waals surface area contributed by atoms with E-state index in [1.807, 2.05) is 43.3 Å². The number of aryl methyl sites for hydroxylation is 2. The van der Waals surface area contributed by atoms with Gasteiger partial charge in [-0.25, -0.2) is 4.98 Å². The number of carbonyl (C=O) groups is 1. The van der Waals surface area contributed by atoms with Crippen LogP contribution >= 0.6 is 0 Å². The Morgan fingerprint density at radius 2 is 1.78 bits per heavy atom. The molecule has 1 N–H and O–H groups in total. The highest BCUT2D eigenvalue weighted by Gasteiger charge is 2.09. The zero-order valence-electron chi connectivity index (χ0n) is 16.2. The largest absolute Gasteiger partial charge is 0.441 e. The SMILES string of the molecule is Cc1ccc(CNC(=O)CCc2ncc(-c3ccc(C(C)C)cc3)o2)cc1. The van der Waals surface area contributed by atoms with E-state index in [4.69, 9.17) is 4.42 Å². The molecule has 1 aromatic heterocycles. The Morgan fingerprint density at radius 1 is 1.07 bits per heavy atom.